The molecule has 0 amide bonds. The van der Waals surface area contributed by atoms with E-state index >= 15 is 0 Å². The van der Waals surface area contributed by atoms with Crippen LogP contribution in [0.1, 0.15) is 0 Å². The van der Waals surface area contributed by atoms with Gasteiger partial charge in [0.15, 0.2) is 0 Å². The third kappa shape index (κ3) is 102. The van der Waals surface area contributed by atoms with Crippen molar-refractivity contribution in [3.05, 3.63) is 0 Å². The Hall–Kier alpha value is 1.49. The largest absolute Gasteiger partial charge is 3.00 e. The van der Waals surface area contributed by atoms with Gasteiger partial charge in [-0.15, -0.1) is 0 Å². The van der Waals surface area contributed by atoms with Crippen LogP contribution >= 0.6 is 0 Å². The molecule has 7 heavy (non-hydrogen) atoms. The van der Waals surface area contributed by atoms with Crippen molar-refractivity contribution in [2.24, 2.45) is 0 Å². The Morgan fingerprint density at radius 2 is 0.429 bits per heavy atom. The van der Waals surface area contributed by atoms with E-state index in [4.69, 9.17) is 0 Å². The van der Waals surface area contributed by atoms with E-state index in [1.54, 1.807) is 0 Å². The molecule has 0 aliphatic rings. The molecule has 0 aliphatic carbocycles. The number of hydrogen-bond acceptors (Lipinski definition) is 5. The van der Waals surface area contributed by atoms with Crippen molar-refractivity contribution < 1.29 is 79.5 Å². The van der Waals surface area contributed by atoms with Crippen LogP contribution < -0.4 is 0 Å². The molecule has 5 nitrogen and oxygen atoms in total. The van der Waals surface area contributed by atoms with Crippen molar-refractivity contribution in [2.75, 3.05) is 0 Å². The minimum atomic E-state index is 0. The summed E-state index contributed by atoms with van der Waals surface area (Å²) in [5, 5.41) is 0. The summed E-state index contributed by atoms with van der Waals surface area (Å²) in [5.41, 5.74) is 0. The summed E-state index contributed by atoms with van der Waals surface area (Å²) in [4.78, 5) is 0. The standard InChI is InChI=1S/La.Ni.5H2O/h;;5*1H2/q+3;+2;;;;;/p-5. The monoisotopic (exact) mass is 282 g/mol. The van der Waals surface area contributed by atoms with Crippen molar-refractivity contribution in [1.82, 2.24) is 0 Å². The third-order valence-electron chi connectivity index (χ3n) is 0. The molecule has 5 N–H and O–H groups in total. The fourth-order valence-electron chi connectivity index (χ4n) is 0. The van der Waals surface area contributed by atoms with E-state index in [9.17, 15) is 0 Å². The Morgan fingerprint density at radius 1 is 0.429 bits per heavy atom. The van der Waals surface area contributed by atoms with E-state index in [0.717, 1.165) is 0 Å². The van der Waals surface area contributed by atoms with E-state index in [2.05, 4.69) is 0 Å². The average Bonchev–Trinajstić information content (AvgIpc) is 0. The molecule has 0 rings (SSSR count). The van der Waals surface area contributed by atoms with E-state index in [1.807, 2.05) is 0 Å². The van der Waals surface area contributed by atoms with Crippen LogP contribution in [0.2, 0.25) is 0 Å². The Morgan fingerprint density at radius 3 is 0.429 bits per heavy atom. The first-order chi connectivity index (χ1) is 0. The smallest absolute Gasteiger partial charge is 0.870 e. The average molecular weight is 283 g/mol. The molecule has 0 atom stereocenters. The molecular formula is H5LaNiO5. The topological polar surface area (TPSA) is 150 Å². The molecule has 0 saturated carbocycles. The van der Waals surface area contributed by atoms with Crippen LogP contribution in [0.25, 0.3) is 0 Å². The predicted molar refractivity (Wildman–Crippen MR) is 9.68 cm³/mol. The van der Waals surface area contributed by atoms with Gasteiger partial charge in [-0.2, -0.15) is 0 Å². The van der Waals surface area contributed by atoms with Gasteiger partial charge in [0.05, 0.1) is 0 Å². The number of rotatable bonds is 0. The summed E-state index contributed by atoms with van der Waals surface area (Å²) in [7, 11) is 0. The molecule has 0 aliphatic heterocycles. The molecular weight excluding hydrogens is 278 g/mol. The van der Waals surface area contributed by atoms with Crippen LogP contribution in [-0.4, -0.2) is 27.4 Å². The van der Waals surface area contributed by atoms with Gasteiger partial charge < -0.3 is 27.4 Å². The van der Waals surface area contributed by atoms with E-state index in [0.29, 0.717) is 0 Å². The van der Waals surface area contributed by atoms with Crippen molar-refractivity contribution in [1.29, 1.82) is 0 Å². The second kappa shape index (κ2) is 142. The van der Waals surface area contributed by atoms with Gasteiger partial charge in [-0.1, -0.05) is 0 Å². The van der Waals surface area contributed by atoms with Crippen LogP contribution in [0.5, 0.6) is 0 Å². The van der Waals surface area contributed by atoms with Crippen LogP contribution in [-0.2, 0) is 16.5 Å². The van der Waals surface area contributed by atoms with Crippen LogP contribution in [0.4, 0.5) is 0 Å². The van der Waals surface area contributed by atoms with Crippen LogP contribution in [0, 0.1) is 35.6 Å². The minimum absolute atomic E-state index is 0. The quantitative estimate of drug-likeness (QED) is 0.528. The second-order valence-corrected chi connectivity index (χ2v) is 0. The van der Waals surface area contributed by atoms with Gasteiger partial charge in [0, 0.05) is 0 Å². The minimum Gasteiger partial charge on any atom is -0.870 e. The summed E-state index contributed by atoms with van der Waals surface area (Å²) >= 11 is 0. The molecule has 0 fully saturated rings. The SMILES string of the molecule is [La+3].[Ni+2].[OH-].[OH-].[OH-].[OH-].[OH-]. The van der Waals surface area contributed by atoms with Gasteiger partial charge in [0.25, 0.3) is 0 Å². The molecule has 0 heterocycles. The molecule has 0 aromatic rings. The maximum Gasteiger partial charge on any atom is 3.00 e. The first-order valence-electron chi connectivity index (χ1n) is 0. The molecule has 7 heteroatoms. The summed E-state index contributed by atoms with van der Waals surface area (Å²) in [6.07, 6.45) is 0. The van der Waals surface area contributed by atoms with Crippen LogP contribution in [0.3, 0.4) is 0 Å². The van der Waals surface area contributed by atoms with Crippen molar-refractivity contribution in [3.8, 4) is 0 Å². The van der Waals surface area contributed by atoms with Gasteiger partial charge in [0.1, 0.15) is 0 Å². The molecule has 0 radical (unpaired) electrons. The zero-order chi connectivity index (χ0) is 0. The number of hydrogen-bond donors (Lipinski definition) is 0. The van der Waals surface area contributed by atoms with Gasteiger partial charge in [-0.05, 0) is 0 Å². The Kier molecular flexibility index (Phi) is 4370. The maximum absolute atomic E-state index is 0. The molecule has 0 bridgehead atoms. The van der Waals surface area contributed by atoms with Gasteiger partial charge in [-0.3, -0.25) is 0 Å². The van der Waals surface area contributed by atoms with Crippen molar-refractivity contribution in [2.45, 2.75) is 0 Å². The second-order valence-electron chi connectivity index (χ2n) is 0. The zero-order valence-electron chi connectivity index (χ0n) is 3.13. The summed E-state index contributed by atoms with van der Waals surface area (Å²) in [6, 6.07) is 0. The maximum atomic E-state index is 0. The van der Waals surface area contributed by atoms with Gasteiger partial charge in [0.2, 0.25) is 0 Å². The van der Waals surface area contributed by atoms with Crippen molar-refractivity contribution in [3.63, 3.8) is 0 Å². The molecule has 0 saturated heterocycles. The molecule has 48 valence electrons. The normalized spacial score (nSPS) is 0. The van der Waals surface area contributed by atoms with E-state index in [1.165, 1.54) is 0 Å². The summed E-state index contributed by atoms with van der Waals surface area (Å²) in [6.45, 7) is 0. The summed E-state index contributed by atoms with van der Waals surface area (Å²) < 4.78 is 0. The third-order valence-corrected chi connectivity index (χ3v) is 0. The molecule has 0 aromatic carbocycles. The Bertz CT molecular complexity index is 8.04. The molecule has 0 unspecified atom stereocenters. The first kappa shape index (κ1) is 215. The van der Waals surface area contributed by atoms with E-state index < -0.39 is 0 Å². The zero-order valence-corrected chi connectivity index (χ0v) is 7.74. The molecule has 0 spiro atoms. The van der Waals surface area contributed by atoms with E-state index in [-0.39, 0.29) is 79.5 Å². The summed E-state index contributed by atoms with van der Waals surface area (Å²) in [5.74, 6) is 0. The Balaban J connectivity index is 0. The van der Waals surface area contributed by atoms with Gasteiger partial charge in [-0.25, -0.2) is 0 Å². The van der Waals surface area contributed by atoms with Crippen LogP contribution in [0.15, 0.2) is 0 Å². The Labute approximate surface area is 78.9 Å². The predicted octanol–water partition coefficient (Wildman–Crippen LogP) is -0.886. The fraction of sp³-hybridized carbons (Fsp3) is 0. The fourth-order valence-corrected chi connectivity index (χ4v) is 0. The molecule has 0 aromatic heterocycles. The van der Waals surface area contributed by atoms with Crippen molar-refractivity contribution >= 4 is 0 Å². The van der Waals surface area contributed by atoms with Gasteiger partial charge >= 0.3 is 52.1 Å². The first-order valence-corrected chi connectivity index (χ1v) is 0.